The van der Waals surface area contributed by atoms with Crippen LogP contribution in [0.3, 0.4) is 0 Å². The van der Waals surface area contributed by atoms with Crippen LogP contribution in [0, 0.1) is 11.7 Å². The summed E-state index contributed by atoms with van der Waals surface area (Å²) in [6, 6.07) is 9.83. The predicted molar refractivity (Wildman–Crippen MR) is 112 cm³/mol. The van der Waals surface area contributed by atoms with Gasteiger partial charge in [0, 0.05) is 19.5 Å². The zero-order valence-electron chi connectivity index (χ0n) is 17.4. The summed E-state index contributed by atoms with van der Waals surface area (Å²) >= 11 is 0. The minimum atomic E-state index is -4.32. The van der Waals surface area contributed by atoms with Gasteiger partial charge in [-0.25, -0.2) is 17.1 Å². The molecule has 2 saturated heterocycles. The molecule has 4 rings (SSSR count). The SMILES string of the molecule is COc1ccc([C@@H]2[C@@H](C(=O)N3CCOCC3)CC(=O)N2S(=O)(=O)c2ccc(F)cc2)cc1. The number of nitrogens with zero attached hydrogens (tertiary/aromatic N) is 2. The second-order valence-corrected chi connectivity index (χ2v) is 9.43. The lowest BCUT2D eigenvalue weighted by molar-refractivity contribution is -0.140. The van der Waals surface area contributed by atoms with Gasteiger partial charge < -0.3 is 14.4 Å². The van der Waals surface area contributed by atoms with E-state index < -0.39 is 33.7 Å². The number of amides is 2. The van der Waals surface area contributed by atoms with Crippen molar-refractivity contribution in [3.05, 3.63) is 59.9 Å². The molecule has 2 heterocycles. The van der Waals surface area contributed by atoms with Gasteiger partial charge in [0.05, 0.1) is 37.2 Å². The average Bonchev–Trinajstić information content (AvgIpc) is 3.17. The number of rotatable bonds is 5. The van der Waals surface area contributed by atoms with E-state index in [4.69, 9.17) is 9.47 Å². The van der Waals surface area contributed by atoms with Crippen molar-refractivity contribution < 1.29 is 31.9 Å². The Balaban J connectivity index is 1.77. The van der Waals surface area contributed by atoms with E-state index in [0.29, 0.717) is 37.6 Å². The summed E-state index contributed by atoms with van der Waals surface area (Å²) in [5.74, 6) is -1.89. The molecule has 2 amide bonds. The average molecular weight is 462 g/mol. The quantitative estimate of drug-likeness (QED) is 0.675. The first-order valence-electron chi connectivity index (χ1n) is 10.2. The number of carbonyl (C=O) groups is 2. The summed E-state index contributed by atoms with van der Waals surface area (Å²) in [5.41, 5.74) is 0.494. The van der Waals surface area contributed by atoms with E-state index in [1.165, 1.54) is 7.11 Å². The fraction of sp³-hybridized carbons (Fsp3) is 0.364. The molecule has 32 heavy (non-hydrogen) atoms. The second kappa shape index (κ2) is 8.87. The molecule has 10 heteroatoms. The third-order valence-electron chi connectivity index (χ3n) is 5.74. The van der Waals surface area contributed by atoms with Crippen LogP contribution in [-0.2, 0) is 24.3 Å². The van der Waals surface area contributed by atoms with Crippen LogP contribution in [-0.4, -0.2) is 62.9 Å². The normalized spacial score (nSPS) is 21.6. The molecule has 8 nitrogen and oxygen atoms in total. The summed E-state index contributed by atoms with van der Waals surface area (Å²) in [5, 5.41) is 0. The number of carbonyl (C=O) groups excluding carboxylic acids is 2. The van der Waals surface area contributed by atoms with Gasteiger partial charge in [-0.1, -0.05) is 12.1 Å². The largest absolute Gasteiger partial charge is 0.497 e. The topological polar surface area (TPSA) is 93.2 Å². The third-order valence-corrected chi connectivity index (χ3v) is 7.56. The minimum absolute atomic E-state index is 0.217. The van der Waals surface area contributed by atoms with Crippen LogP contribution < -0.4 is 4.74 Å². The lowest BCUT2D eigenvalue weighted by atomic mass is 9.92. The van der Waals surface area contributed by atoms with E-state index >= 15 is 0 Å². The fourth-order valence-electron chi connectivity index (χ4n) is 4.12. The van der Waals surface area contributed by atoms with Crippen LogP contribution >= 0.6 is 0 Å². The first-order chi connectivity index (χ1) is 15.3. The van der Waals surface area contributed by atoms with Crippen LogP contribution in [0.2, 0.25) is 0 Å². The van der Waals surface area contributed by atoms with Crippen molar-refractivity contribution in [2.45, 2.75) is 17.4 Å². The number of hydrogen-bond donors (Lipinski definition) is 0. The minimum Gasteiger partial charge on any atom is -0.497 e. The van der Waals surface area contributed by atoms with Gasteiger partial charge in [0.2, 0.25) is 11.8 Å². The molecule has 2 fully saturated rings. The first-order valence-corrected chi connectivity index (χ1v) is 11.6. The lowest BCUT2D eigenvalue weighted by Crippen LogP contribution is -2.45. The molecule has 0 radical (unpaired) electrons. The Bertz CT molecular complexity index is 1100. The Morgan fingerprint density at radius 2 is 1.69 bits per heavy atom. The molecule has 2 aromatic carbocycles. The first kappa shape index (κ1) is 22.2. The molecule has 0 spiro atoms. The number of halogens is 1. The van der Waals surface area contributed by atoms with Crippen LogP contribution in [0.5, 0.6) is 5.75 Å². The monoisotopic (exact) mass is 462 g/mol. The summed E-state index contributed by atoms with van der Waals surface area (Å²) < 4.78 is 51.5. The van der Waals surface area contributed by atoms with Gasteiger partial charge in [0.1, 0.15) is 11.6 Å². The number of ether oxygens (including phenoxy) is 2. The fourth-order valence-corrected chi connectivity index (χ4v) is 5.74. The van der Waals surface area contributed by atoms with Gasteiger partial charge >= 0.3 is 0 Å². The molecule has 0 bridgehead atoms. The highest BCUT2D eigenvalue weighted by Gasteiger charge is 2.51. The Morgan fingerprint density at radius 1 is 1.06 bits per heavy atom. The van der Waals surface area contributed by atoms with Crippen molar-refractivity contribution in [2.24, 2.45) is 5.92 Å². The maximum absolute atomic E-state index is 13.4. The van der Waals surface area contributed by atoms with Gasteiger partial charge in [-0.2, -0.15) is 0 Å². The number of hydrogen-bond acceptors (Lipinski definition) is 6. The standard InChI is InChI=1S/C22H23FN2O6S/c1-30-17-6-2-15(3-7-17)21-19(22(27)24-10-12-31-13-11-24)14-20(26)25(21)32(28,29)18-8-4-16(23)5-9-18/h2-9,19,21H,10-14H2,1H3/t19-,21+/m0/s1. The molecule has 0 N–H and O–H groups in total. The number of methoxy groups -OCH3 is 1. The molecule has 0 aromatic heterocycles. The Labute approximate surface area is 185 Å². The summed E-state index contributed by atoms with van der Waals surface area (Å²) in [7, 11) is -2.82. The van der Waals surface area contributed by atoms with Crippen LogP contribution in [0.15, 0.2) is 53.4 Å². The molecular formula is C22H23FN2O6S. The van der Waals surface area contributed by atoms with E-state index in [2.05, 4.69) is 0 Å². The van der Waals surface area contributed by atoms with E-state index in [9.17, 15) is 22.4 Å². The highest BCUT2D eigenvalue weighted by molar-refractivity contribution is 7.89. The molecule has 2 aliphatic heterocycles. The molecule has 2 aliphatic rings. The molecule has 2 atom stereocenters. The number of benzene rings is 2. The van der Waals surface area contributed by atoms with Crippen LogP contribution in [0.1, 0.15) is 18.0 Å². The van der Waals surface area contributed by atoms with Gasteiger partial charge in [-0.3, -0.25) is 9.59 Å². The number of morpholine rings is 1. The summed E-state index contributed by atoms with van der Waals surface area (Å²) in [6.45, 7) is 1.53. The molecule has 0 unspecified atom stereocenters. The Kier molecular flexibility index (Phi) is 6.16. The third kappa shape index (κ3) is 4.07. The molecule has 0 saturated carbocycles. The van der Waals surface area contributed by atoms with Gasteiger partial charge in [-0.15, -0.1) is 0 Å². The second-order valence-electron chi connectivity index (χ2n) is 7.61. The van der Waals surface area contributed by atoms with Gasteiger partial charge in [0.25, 0.3) is 10.0 Å². The van der Waals surface area contributed by atoms with Crippen LogP contribution in [0.25, 0.3) is 0 Å². The van der Waals surface area contributed by atoms with Crippen molar-refractivity contribution in [3.8, 4) is 5.75 Å². The van der Waals surface area contributed by atoms with Gasteiger partial charge in [-0.05, 0) is 42.0 Å². The zero-order valence-corrected chi connectivity index (χ0v) is 18.3. The van der Waals surface area contributed by atoms with E-state index in [0.717, 1.165) is 28.6 Å². The molecule has 0 aliphatic carbocycles. The zero-order chi connectivity index (χ0) is 22.9. The van der Waals surface area contributed by atoms with Crippen molar-refractivity contribution in [3.63, 3.8) is 0 Å². The maximum Gasteiger partial charge on any atom is 0.267 e. The molecule has 170 valence electrons. The Morgan fingerprint density at radius 3 is 2.28 bits per heavy atom. The van der Waals surface area contributed by atoms with Crippen molar-refractivity contribution in [1.82, 2.24) is 9.21 Å². The number of sulfonamides is 1. The van der Waals surface area contributed by atoms with Crippen LogP contribution in [0.4, 0.5) is 4.39 Å². The van der Waals surface area contributed by atoms with E-state index in [1.54, 1.807) is 29.2 Å². The van der Waals surface area contributed by atoms with Crippen molar-refractivity contribution >= 4 is 21.8 Å². The van der Waals surface area contributed by atoms with E-state index in [-0.39, 0.29) is 17.2 Å². The predicted octanol–water partition coefficient (Wildman–Crippen LogP) is 1.97. The molecular weight excluding hydrogens is 439 g/mol. The smallest absolute Gasteiger partial charge is 0.267 e. The highest BCUT2D eigenvalue weighted by Crippen LogP contribution is 2.43. The van der Waals surface area contributed by atoms with Gasteiger partial charge in [0.15, 0.2) is 0 Å². The summed E-state index contributed by atoms with van der Waals surface area (Å²) in [4.78, 5) is 27.7. The van der Waals surface area contributed by atoms with Crippen molar-refractivity contribution in [2.75, 3.05) is 33.4 Å². The van der Waals surface area contributed by atoms with E-state index in [1.807, 2.05) is 0 Å². The summed E-state index contributed by atoms with van der Waals surface area (Å²) in [6.07, 6.45) is -0.243. The Hall–Kier alpha value is -2.98. The lowest BCUT2D eigenvalue weighted by Gasteiger charge is -2.32. The van der Waals surface area contributed by atoms with Crippen molar-refractivity contribution in [1.29, 1.82) is 0 Å². The maximum atomic E-state index is 13.4. The highest BCUT2D eigenvalue weighted by atomic mass is 32.2. The molecule has 2 aromatic rings.